The highest BCUT2D eigenvalue weighted by Gasteiger charge is 2.11. The second kappa shape index (κ2) is 5.95. The SMILES string of the molecule is Cc1nc(CN(C)Cc2ccccc2C(=O)O)cs1. The van der Waals surface area contributed by atoms with Gasteiger partial charge in [-0.15, -0.1) is 11.3 Å². The van der Waals surface area contributed by atoms with Gasteiger partial charge >= 0.3 is 5.97 Å². The maximum atomic E-state index is 11.1. The lowest BCUT2D eigenvalue weighted by Gasteiger charge is -2.16. The molecule has 0 aliphatic heterocycles. The summed E-state index contributed by atoms with van der Waals surface area (Å²) in [5.74, 6) is -0.881. The summed E-state index contributed by atoms with van der Waals surface area (Å²) >= 11 is 1.63. The molecule has 0 aliphatic rings. The standard InChI is InChI=1S/C14H16N2O2S/c1-10-15-12(9-19-10)8-16(2)7-11-5-3-4-6-13(11)14(17)18/h3-6,9H,7-8H2,1-2H3,(H,17,18). The fraction of sp³-hybridized carbons (Fsp3) is 0.286. The lowest BCUT2D eigenvalue weighted by molar-refractivity contribution is 0.0694. The number of hydrogen-bond acceptors (Lipinski definition) is 4. The number of aromatic carboxylic acids is 1. The average molecular weight is 276 g/mol. The smallest absolute Gasteiger partial charge is 0.336 e. The first-order valence-corrected chi connectivity index (χ1v) is 6.85. The molecule has 0 atom stereocenters. The van der Waals surface area contributed by atoms with Crippen LogP contribution in [0.2, 0.25) is 0 Å². The summed E-state index contributed by atoms with van der Waals surface area (Å²) in [6.07, 6.45) is 0. The molecule has 100 valence electrons. The fourth-order valence-corrected chi connectivity index (χ4v) is 2.57. The van der Waals surface area contributed by atoms with Crippen LogP contribution >= 0.6 is 11.3 Å². The van der Waals surface area contributed by atoms with Crippen LogP contribution in [0.3, 0.4) is 0 Å². The average Bonchev–Trinajstić information content (AvgIpc) is 2.75. The van der Waals surface area contributed by atoms with Crippen LogP contribution in [-0.4, -0.2) is 28.0 Å². The van der Waals surface area contributed by atoms with Gasteiger partial charge in [-0.2, -0.15) is 0 Å². The Morgan fingerprint density at radius 2 is 2.11 bits per heavy atom. The molecule has 1 aromatic heterocycles. The molecule has 0 radical (unpaired) electrons. The molecule has 4 nitrogen and oxygen atoms in total. The Morgan fingerprint density at radius 1 is 1.37 bits per heavy atom. The minimum Gasteiger partial charge on any atom is -0.478 e. The summed E-state index contributed by atoms with van der Waals surface area (Å²) in [6, 6.07) is 7.10. The number of aromatic nitrogens is 1. The van der Waals surface area contributed by atoms with Gasteiger partial charge in [0.05, 0.1) is 16.3 Å². The molecule has 0 fully saturated rings. The van der Waals surface area contributed by atoms with Crippen LogP contribution in [0.25, 0.3) is 0 Å². The van der Waals surface area contributed by atoms with Crippen LogP contribution in [0.1, 0.15) is 26.6 Å². The van der Waals surface area contributed by atoms with Crippen molar-refractivity contribution in [2.24, 2.45) is 0 Å². The van der Waals surface area contributed by atoms with E-state index < -0.39 is 5.97 Å². The van der Waals surface area contributed by atoms with Gasteiger partial charge in [0.1, 0.15) is 0 Å². The molecule has 2 rings (SSSR count). The Labute approximate surface area is 116 Å². The minimum absolute atomic E-state index is 0.365. The Bertz CT molecular complexity index is 580. The highest BCUT2D eigenvalue weighted by molar-refractivity contribution is 7.09. The van der Waals surface area contributed by atoms with Crippen molar-refractivity contribution < 1.29 is 9.90 Å². The Balaban J connectivity index is 2.06. The first kappa shape index (κ1) is 13.7. The first-order valence-electron chi connectivity index (χ1n) is 5.97. The van der Waals surface area contributed by atoms with Gasteiger partial charge in [0.2, 0.25) is 0 Å². The van der Waals surface area contributed by atoms with Gasteiger partial charge in [0.15, 0.2) is 0 Å². The third kappa shape index (κ3) is 3.62. The molecule has 1 aromatic carbocycles. The normalized spacial score (nSPS) is 10.9. The van der Waals surface area contributed by atoms with E-state index in [4.69, 9.17) is 5.11 Å². The number of thiazole rings is 1. The molecule has 5 heteroatoms. The minimum atomic E-state index is -0.881. The number of carboxylic acids is 1. The van der Waals surface area contributed by atoms with Crippen LogP contribution in [0, 0.1) is 6.92 Å². The first-order chi connectivity index (χ1) is 9.06. The number of hydrogen-bond donors (Lipinski definition) is 1. The monoisotopic (exact) mass is 276 g/mol. The van der Waals surface area contributed by atoms with Gasteiger partial charge in [-0.25, -0.2) is 9.78 Å². The van der Waals surface area contributed by atoms with Crippen LogP contribution in [-0.2, 0) is 13.1 Å². The van der Waals surface area contributed by atoms with E-state index >= 15 is 0 Å². The van der Waals surface area contributed by atoms with Crippen molar-refractivity contribution in [3.05, 3.63) is 51.5 Å². The zero-order valence-electron chi connectivity index (χ0n) is 11.0. The molecule has 2 aromatic rings. The Morgan fingerprint density at radius 3 is 2.74 bits per heavy atom. The van der Waals surface area contributed by atoms with Crippen molar-refractivity contribution in [3.63, 3.8) is 0 Å². The number of benzene rings is 1. The second-order valence-corrected chi connectivity index (χ2v) is 5.55. The summed E-state index contributed by atoms with van der Waals surface area (Å²) in [6.45, 7) is 3.30. The summed E-state index contributed by atoms with van der Waals surface area (Å²) in [7, 11) is 1.97. The number of carbonyl (C=O) groups is 1. The van der Waals surface area contributed by atoms with Gasteiger partial charge in [0.25, 0.3) is 0 Å². The summed E-state index contributed by atoms with van der Waals surface area (Å²) in [4.78, 5) is 17.6. The lowest BCUT2D eigenvalue weighted by Crippen LogP contribution is -2.19. The molecule has 0 aliphatic carbocycles. The van der Waals surface area contributed by atoms with Crippen LogP contribution in [0.15, 0.2) is 29.6 Å². The molecule has 0 spiro atoms. The van der Waals surface area contributed by atoms with Crippen molar-refractivity contribution in [3.8, 4) is 0 Å². The van der Waals surface area contributed by atoms with E-state index in [0.29, 0.717) is 12.1 Å². The van der Waals surface area contributed by atoms with Crippen molar-refractivity contribution in [2.45, 2.75) is 20.0 Å². The van der Waals surface area contributed by atoms with Gasteiger partial charge in [-0.3, -0.25) is 4.90 Å². The molecule has 0 saturated carbocycles. The van der Waals surface area contributed by atoms with E-state index in [1.165, 1.54) is 0 Å². The molecule has 0 amide bonds. The topological polar surface area (TPSA) is 53.4 Å². The van der Waals surface area contributed by atoms with Gasteiger partial charge in [-0.1, -0.05) is 18.2 Å². The lowest BCUT2D eigenvalue weighted by atomic mass is 10.1. The molecular formula is C14H16N2O2S. The molecule has 0 unspecified atom stereocenters. The van der Waals surface area contributed by atoms with Crippen molar-refractivity contribution >= 4 is 17.3 Å². The predicted octanol–water partition coefficient (Wildman–Crippen LogP) is 2.78. The maximum absolute atomic E-state index is 11.1. The molecular weight excluding hydrogens is 260 g/mol. The van der Waals surface area contributed by atoms with E-state index in [9.17, 15) is 4.79 Å². The van der Waals surface area contributed by atoms with E-state index in [1.807, 2.05) is 31.5 Å². The van der Waals surface area contributed by atoms with Crippen molar-refractivity contribution in [1.29, 1.82) is 0 Å². The van der Waals surface area contributed by atoms with E-state index in [-0.39, 0.29) is 0 Å². The number of rotatable bonds is 5. The summed E-state index contributed by atoms with van der Waals surface area (Å²) in [5.41, 5.74) is 2.21. The third-order valence-electron chi connectivity index (χ3n) is 2.79. The van der Waals surface area contributed by atoms with Crippen LogP contribution in [0.5, 0.6) is 0 Å². The highest BCUT2D eigenvalue weighted by atomic mass is 32.1. The van der Waals surface area contributed by atoms with Gasteiger partial charge in [0, 0.05) is 18.5 Å². The summed E-state index contributed by atoms with van der Waals surface area (Å²) < 4.78 is 0. The van der Waals surface area contributed by atoms with E-state index in [0.717, 1.165) is 22.8 Å². The Kier molecular flexibility index (Phi) is 4.29. The second-order valence-electron chi connectivity index (χ2n) is 4.49. The van der Waals surface area contributed by atoms with Gasteiger partial charge in [-0.05, 0) is 25.6 Å². The highest BCUT2D eigenvalue weighted by Crippen LogP contribution is 2.14. The fourth-order valence-electron chi connectivity index (χ4n) is 1.97. The van der Waals surface area contributed by atoms with Crippen LogP contribution in [0.4, 0.5) is 0 Å². The molecule has 1 heterocycles. The third-order valence-corrected chi connectivity index (χ3v) is 3.61. The van der Waals surface area contributed by atoms with Crippen molar-refractivity contribution in [1.82, 2.24) is 9.88 Å². The predicted molar refractivity (Wildman–Crippen MR) is 75.4 cm³/mol. The number of nitrogens with zero attached hydrogens (tertiary/aromatic N) is 2. The maximum Gasteiger partial charge on any atom is 0.336 e. The van der Waals surface area contributed by atoms with Crippen molar-refractivity contribution in [2.75, 3.05) is 7.05 Å². The van der Waals surface area contributed by atoms with Crippen LogP contribution < -0.4 is 0 Å². The van der Waals surface area contributed by atoms with E-state index in [2.05, 4.69) is 9.88 Å². The molecule has 0 saturated heterocycles. The zero-order valence-corrected chi connectivity index (χ0v) is 11.8. The zero-order chi connectivity index (χ0) is 13.8. The Hall–Kier alpha value is -1.72. The summed E-state index contributed by atoms with van der Waals surface area (Å²) in [5, 5.41) is 12.2. The van der Waals surface area contributed by atoms with Gasteiger partial charge < -0.3 is 5.11 Å². The number of carboxylic acid groups (broad SMARTS) is 1. The number of aryl methyl sites for hydroxylation is 1. The largest absolute Gasteiger partial charge is 0.478 e. The quantitative estimate of drug-likeness (QED) is 0.912. The molecule has 19 heavy (non-hydrogen) atoms. The van der Waals surface area contributed by atoms with E-state index in [1.54, 1.807) is 23.5 Å². The molecule has 0 bridgehead atoms. The molecule has 1 N–H and O–H groups in total.